The van der Waals surface area contributed by atoms with E-state index in [0.717, 1.165) is 5.56 Å². The molecule has 0 aliphatic rings. The zero-order valence-electron chi connectivity index (χ0n) is 14.3. The number of hydrogen-bond donors (Lipinski definition) is 2. The summed E-state index contributed by atoms with van der Waals surface area (Å²) in [4.78, 5) is 23.2. The van der Waals surface area contributed by atoms with Crippen LogP contribution in [-0.2, 0) is 17.9 Å². The molecule has 0 saturated heterocycles. The third-order valence-electron chi connectivity index (χ3n) is 3.76. The predicted molar refractivity (Wildman–Crippen MR) is 108 cm³/mol. The lowest BCUT2D eigenvalue weighted by atomic mass is 10.2. The molecule has 2 heterocycles. The van der Waals surface area contributed by atoms with Crippen molar-refractivity contribution in [1.29, 1.82) is 0 Å². The van der Waals surface area contributed by atoms with Gasteiger partial charge in [0.1, 0.15) is 5.69 Å². The van der Waals surface area contributed by atoms with E-state index in [1.54, 1.807) is 23.0 Å². The van der Waals surface area contributed by atoms with Crippen molar-refractivity contribution in [2.75, 3.05) is 5.32 Å². The fourth-order valence-corrected chi connectivity index (χ4v) is 3.20. The highest BCUT2D eigenvalue weighted by Gasteiger charge is 2.16. The number of hydrogen-bond acceptors (Lipinski definition) is 4. The van der Waals surface area contributed by atoms with Gasteiger partial charge in [-0.2, -0.15) is 10.2 Å². The van der Waals surface area contributed by atoms with Crippen LogP contribution in [0.4, 0.5) is 5.82 Å². The number of amides is 1. The molecule has 0 radical (unpaired) electrons. The van der Waals surface area contributed by atoms with E-state index >= 15 is 0 Å². The van der Waals surface area contributed by atoms with Crippen LogP contribution in [0.5, 0.6) is 0 Å². The summed E-state index contributed by atoms with van der Waals surface area (Å²) in [6.45, 7) is 0.528. The summed E-state index contributed by atoms with van der Waals surface area (Å²) in [5.74, 6) is -1.08. The molecule has 2 aromatic heterocycles. The van der Waals surface area contributed by atoms with Crippen LogP contribution in [0, 0.1) is 0 Å². The first kappa shape index (κ1) is 20.4. The van der Waals surface area contributed by atoms with Gasteiger partial charge in [0.25, 0.3) is 5.91 Å². The monoisotopic (exact) mass is 485 g/mol. The minimum atomic E-state index is -0.967. The second kappa shape index (κ2) is 8.76. The highest BCUT2D eigenvalue weighted by molar-refractivity contribution is 9.10. The largest absolute Gasteiger partial charge is 0.481 e. The van der Waals surface area contributed by atoms with E-state index < -0.39 is 11.9 Å². The number of rotatable bonds is 7. The van der Waals surface area contributed by atoms with Gasteiger partial charge in [-0.25, -0.2) is 0 Å². The van der Waals surface area contributed by atoms with E-state index in [1.807, 2.05) is 6.07 Å². The Morgan fingerprint density at radius 3 is 2.71 bits per heavy atom. The molecule has 0 unspecified atom stereocenters. The molecular formula is C17H14BrCl2N5O3. The summed E-state index contributed by atoms with van der Waals surface area (Å²) in [5.41, 5.74) is 1.14. The van der Waals surface area contributed by atoms with Crippen molar-refractivity contribution >= 4 is 56.8 Å². The lowest BCUT2D eigenvalue weighted by Gasteiger charge is -2.06. The molecule has 1 amide bonds. The van der Waals surface area contributed by atoms with Crippen molar-refractivity contribution in [2.24, 2.45) is 0 Å². The van der Waals surface area contributed by atoms with Crippen molar-refractivity contribution in [3.8, 4) is 0 Å². The summed E-state index contributed by atoms with van der Waals surface area (Å²) in [6, 6.07) is 6.80. The number of carboxylic acids is 1. The number of aromatic nitrogens is 4. The minimum Gasteiger partial charge on any atom is -0.481 e. The van der Waals surface area contributed by atoms with Gasteiger partial charge in [0.2, 0.25) is 0 Å². The Balaban J connectivity index is 1.71. The average Bonchev–Trinajstić information content (AvgIpc) is 3.23. The molecule has 11 heteroatoms. The maximum atomic E-state index is 12.5. The molecule has 28 heavy (non-hydrogen) atoms. The number of anilines is 1. The van der Waals surface area contributed by atoms with Crippen LogP contribution in [0.2, 0.25) is 10.0 Å². The number of halogens is 3. The van der Waals surface area contributed by atoms with Crippen molar-refractivity contribution < 1.29 is 14.7 Å². The molecule has 0 saturated carbocycles. The van der Waals surface area contributed by atoms with E-state index in [9.17, 15) is 9.59 Å². The Kier molecular flexibility index (Phi) is 6.38. The van der Waals surface area contributed by atoms with E-state index in [0.29, 0.717) is 26.9 Å². The van der Waals surface area contributed by atoms with Gasteiger partial charge >= 0.3 is 5.97 Å². The maximum Gasteiger partial charge on any atom is 0.305 e. The fourth-order valence-electron chi connectivity index (χ4n) is 2.46. The summed E-state index contributed by atoms with van der Waals surface area (Å²) >= 11 is 15.3. The van der Waals surface area contributed by atoms with Crippen molar-refractivity contribution in [3.05, 3.63) is 62.4 Å². The Morgan fingerprint density at radius 2 is 2.00 bits per heavy atom. The summed E-state index contributed by atoms with van der Waals surface area (Å²) < 4.78 is 3.57. The first-order valence-corrected chi connectivity index (χ1v) is 9.60. The fraction of sp³-hybridized carbons (Fsp3) is 0.176. The SMILES string of the molecule is O=C(O)CCn1nccc1C(=O)Nc1nn(Cc2ccc(Cl)c(Cl)c2)cc1Br. The highest BCUT2D eigenvalue weighted by atomic mass is 79.9. The molecule has 146 valence electrons. The van der Waals surface area contributed by atoms with E-state index in [-0.39, 0.29) is 18.7 Å². The topological polar surface area (TPSA) is 102 Å². The molecule has 0 fully saturated rings. The van der Waals surface area contributed by atoms with Gasteiger partial charge in [-0.05, 0) is 39.7 Å². The van der Waals surface area contributed by atoms with Crippen LogP contribution in [0.1, 0.15) is 22.5 Å². The van der Waals surface area contributed by atoms with Crippen molar-refractivity contribution in [3.63, 3.8) is 0 Å². The molecule has 0 aliphatic heterocycles. The third kappa shape index (κ3) is 4.92. The Labute approximate surface area is 178 Å². The Morgan fingerprint density at radius 1 is 1.21 bits per heavy atom. The molecule has 2 N–H and O–H groups in total. The van der Waals surface area contributed by atoms with Gasteiger partial charge in [0.05, 0.1) is 34.0 Å². The minimum absolute atomic E-state index is 0.0953. The first-order chi connectivity index (χ1) is 13.3. The lowest BCUT2D eigenvalue weighted by Crippen LogP contribution is -2.19. The molecule has 8 nitrogen and oxygen atoms in total. The molecule has 0 aliphatic carbocycles. The summed E-state index contributed by atoms with van der Waals surface area (Å²) in [5, 5.41) is 20.7. The van der Waals surface area contributed by atoms with Crippen LogP contribution >= 0.6 is 39.1 Å². The molecule has 0 atom stereocenters. The predicted octanol–water partition coefficient (Wildman–Crippen LogP) is 3.92. The zero-order valence-corrected chi connectivity index (χ0v) is 17.4. The van der Waals surface area contributed by atoms with Gasteiger partial charge in [-0.1, -0.05) is 29.3 Å². The molecule has 0 bridgehead atoms. The van der Waals surface area contributed by atoms with Crippen LogP contribution in [0.15, 0.2) is 41.1 Å². The van der Waals surface area contributed by atoms with Gasteiger partial charge in [0, 0.05) is 12.4 Å². The second-order valence-electron chi connectivity index (χ2n) is 5.81. The Bertz CT molecular complexity index is 1030. The van der Waals surface area contributed by atoms with Crippen molar-refractivity contribution in [1.82, 2.24) is 19.6 Å². The maximum absolute atomic E-state index is 12.5. The number of nitrogens with zero attached hydrogens (tertiary/aromatic N) is 4. The van der Waals surface area contributed by atoms with Gasteiger partial charge in [-0.3, -0.25) is 19.0 Å². The van der Waals surface area contributed by atoms with Gasteiger partial charge < -0.3 is 10.4 Å². The van der Waals surface area contributed by atoms with Crippen molar-refractivity contribution in [2.45, 2.75) is 19.5 Å². The molecule has 3 aromatic rings. The van der Waals surface area contributed by atoms with Crippen LogP contribution in [0.3, 0.4) is 0 Å². The number of carbonyl (C=O) groups excluding carboxylic acids is 1. The van der Waals surface area contributed by atoms with E-state index in [2.05, 4.69) is 31.4 Å². The van der Waals surface area contributed by atoms with Crippen LogP contribution < -0.4 is 5.32 Å². The number of nitrogens with one attached hydrogen (secondary N) is 1. The van der Waals surface area contributed by atoms with Gasteiger partial charge in [0.15, 0.2) is 5.82 Å². The Hall–Kier alpha value is -2.36. The number of benzene rings is 1. The molecular weight excluding hydrogens is 473 g/mol. The van der Waals surface area contributed by atoms with Gasteiger partial charge in [-0.15, -0.1) is 0 Å². The third-order valence-corrected chi connectivity index (χ3v) is 5.08. The first-order valence-electron chi connectivity index (χ1n) is 8.05. The quantitative estimate of drug-likeness (QED) is 0.526. The molecule has 3 rings (SSSR count). The second-order valence-corrected chi connectivity index (χ2v) is 7.48. The average molecular weight is 487 g/mol. The van der Waals surface area contributed by atoms with Crippen LogP contribution in [-0.4, -0.2) is 36.5 Å². The number of carboxylic acid groups (broad SMARTS) is 1. The molecule has 0 spiro atoms. The van der Waals surface area contributed by atoms with E-state index in [1.165, 1.54) is 16.9 Å². The molecule has 1 aromatic carbocycles. The smallest absolute Gasteiger partial charge is 0.305 e. The van der Waals surface area contributed by atoms with E-state index in [4.69, 9.17) is 28.3 Å². The standard InChI is InChI=1S/C17H14BrCl2N5O3/c18-11-9-24(8-10-1-2-12(19)13(20)7-10)23-16(11)22-17(28)14-3-5-21-25(14)6-4-15(26)27/h1-3,5,7,9H,4,6,8H2,(H,26,27)(H,22,23,28). The number of aryl methyl sites for hydroxylation is 1. The number of carbonyl (C=O) groups is 2. The summed E-state index contributed by atoms with van der Waals surface area (Å²) in [6.07, 6.45) is 3.03. The highest BCUT2D eigenvalue weighted by Crippen LogP contribution is 2.25. The zero-order chi connectivity index (χ0) is 20.3. The number of aliphatic carboxylic acids is 1. The van der Waals surface area contributed by atoms with Crippen LogP contribution in [0.25, 0.3) is 0 Å². The normalized spacial score (nSPS) is 10.8. The summed E-state index contributed by atoms with van der Waals surface area (Å²) in [7, 11) is 0. The lowest BCUT2D eigenvalue weighted by molar-refractivity contribution is -0.137.